The van der Waals surface area contributed by atoms with E-state index in [4.69, 9.17) is 10.5 Å². The topological polar surface area (TPSA) is 183 Å². The normalized spacial score (nSPS) is 27.1. The minimum absolute atomic E-state index is 0. The number of anilines is 1. The van der Waals surface area contributed by atoms with E-state index in [1.54, 1.807) is 0 Å². The van der Waals surface area contributed by atoms with E-state index in [1.165, 1.54) is 12.3 Å². The molecule has 1 aliphatic rings. The molecule has 0 aromatic carbocycles. The number of nitrogen functional groups attached to an aromatic ring is 1. The summed E-state index contributed by atoms with van der Waals surface area (Å²) in [5, 5.41) is 19.6. The SMILES string of the molecule is Nc1ccn([C@H]2O[C@@H](COP(=O)([O-])[O-])[C@H](O)[C@@H]2O)c(=O)n1.[Na+].[Na+]. The van der Waals surface area contributed by atoms with Crippen LogP contribution >= 0.6 is 7.82 Å². The standard InChI is InChI=1S/C9H14N3O8P.2Na/c10-5-1-2-12(9(15)11-5)8-7(14)6(13)4(20-8)3-19-21(16,17)18;;/h1-2,4,6-8,13-14H,3H2,(H2,10,11,15)(H2,16,17,18);;/q;2*+1/p-2/t4-,6-,7-,8-;;/m0../s1. The molecule has 0 radical (unpaired) electrons. The smallest absolute Gasteiger partial charge is 0.790 e. The molecule has 2 heterocycles. The van der Waals surface area contributed by atoms with Crippen molar-refractivity contribution in [3.8, 4) is 0 Å². The second kappa shape index (κ2) is 9.39. The number of phosphoric ester groups is 1. The van der Waals surface area contributed by atoms with Crippen molar-refractivity contribution in [2.75, 3.05) is 12.3 Å². The molecule has 1 aromatic rings. The van der Waals surface area contributed by atoms with Crippen LogP contribution in [0.1, 0.15) is 6.23 Å². The van der Waals surface area contributed by atoms with Crippen molar-refractivity contribution in [1.82, 2.24) is 9.55 Å². The monoisotopic (exact) mass is 367 g/mol. The zero-order valence-electron chi connectivity index (χ0n) is 12.4. The largest absolute Gasteiger partial charge is 1.00 e. The molecule has 0 aliphatic carbocycles. The van der Waals surface area contributed by atoms with Crippen LogP contribution in [-0.2, 0) is 13.8 Å². The van der Waals surface area contributed by atoms with Crippen LogP contribution in [0, 0.1) is 0 Å². The fourth-order valence-corrected chi connectivity index (χ4v) is 2.21. The number of hydrogen-bond donors (Lipinski definition) is 3. The van der Waals surface area contributed by atoms with Gasteiger partial charge in [0.25, 0.3) is 0 Å². The predicted molar refractivity (Wildman–Crippen MR) is 62.4 cm³/mol. The number of aromatic nitrogens is 2. The third-order valence-corrected chi connectivity index (χ3v) is 3.33. The van der Waals surface area contributed by atoms with Gasteiger partial charge in [-0.25, -0.2) is 4.79 Å². The van der Waals surface area contributed by atoms with Crippen molar-refractivity contribution >= 4 is 13.6 Å². The first kappa shape index (κ1) is 23.7. The van der Waals surface area contributed by atoms with E-state index in [0.717, 1.165) is 4.57 Å². The molecule has 1 saturated heterocycles. The van der Waals surface area contributed by atoms with Crippen LogP contribution in [0.2, 0.25) is 0 Å². The number of nitrogens with zero attached hydrogens (tertiary/aromatic N) is 2. The molecule has 1 aliphatic heterocycles. The fourth-order valence-electron chi connectivity index (χ4n) is 1.88. The molecule has 0 saturated carbocycles. The molecular weight excluding hydrogens is 355 g/mol. The van der Waals surface area contributed by atoms with Crippen LogP contribution in [0.4, 0.5) is 5.82 Å². The third-order valence-electron chi connectivity index (χ3n) is 2.86. The Kier molecular flexibility index (Phi) is 9.66. The second-order valence-corrected chi connectivity index (χ2v) is 5.48. The number of ether oxygens (including phenoxy) is 1. The first-order valence-electron chi connectivity index (χ1n) is 5.72. The summed E-state index contributed by atoms with van der Waals surface area (Å²) in [6.45, 7) is -0.782. The number of aliphatic hydroxyl groups excluding tert-OH is 2. The van der Waals surface area contributed by atoms with E-state index >= 15 is 0 Å². The molecule has 4 N–H and O–H groups in total. The zero-order chi connectivity index (χ0) is 15.8. The first-order valence-corrected chi connectivity index (χ1v) is 7.18. The van der Waals surface area contributed by atoms with E-state index in [2.05, 4.69) is 9.51 Å². The molecule has 4 atom stereocenters. The van der Waals surface area contributed by atoms with Crippen molar-refractivity contribution in [1.29, 1.82) is 0 Å². The summed E-state index contributed by atoms with van der Waals surface area (Å²) in [4.78, 5) is 35.8. The minimum atomic E-state index is -5.24. The van der Waals surface area contributed by atoms with E-state index < -0.39 is 44.7 Å². The Balaban J connectivity index is 0.00000242. The maximum atomic E-state index is 11.6. The maximum absolute atomic E-state index is 11.6. The van der Waals surface area contributed by atoms with Gasteiger partial charge in [-0.15, -0.1) is 0 Å². The summed E-state index contributed by atoms with van der Waals surface area (Å²) in [6.07, 6.45) is -4.51. The molecule has 1 aromatic heterocycles. The molecule has 118 valence electrons. The minimum Gasteiger partial charge on any atom is -0.790 e. The molecular formula is C9H12N3Na2O8P. The number of aliphatic hydroxyl groups is 2. The van der Waals surface area contributed by atoms with Crippen LogP contribution < -0.4 is 80.3 Å². The third kappa shape index (κ3) is 6.15. The summed E-state index contributed by atoms with van der Waals surface area (Å²) in [6, 6.07) is 1.27. The second-order valence-electron chi connectivity index (χ2n) is 4.33. The Hall–Kier alpha value is 0.670. The Morgan fingerprint density at radius 2 is 2.00 bits per heavy atom. The van der Waals surface area contributed by atoms with Crippen LogP contribution in [0.25, 0.3) is 0 Å². The fraction of sp³-hybridized carbons (Fsp3) is 0.556. The van der Waals surface area contributed by atoms with Crippen molar-refractivity contribution in [2.45, 2.75) is 24.5 Å². The van der Waals surface area contributed by atoms with Crippen molar-refractivity contribution in [3.05, 3.63) is 22.7 Å². The van der Waals surface area contributed by atoms with E-state index in [1.807, 2.05) is 0 Å². The van der Waals surface area contributed by atoms with E-state index in [9.17, 15) is 29.4 Å². The van der Waals surface area contributed by atoms with Gasteiger partial charge in [0.15, 0.2) is 6.23 Å². The van der Waals surface area contributed by atoms with Gasteiger partial charge in [-0.05, 0) is 6.07 Å². The molecule has 0 spiro atoms. The van der Waals surface area contributed by atoms with Crippen LogP contribution in [0.15, 0.2) is 17.1 Å². The van der Waals surface area contributed by atoms with Gasteiger partial charge in [0.05, 0.1) is 14.4 Å². The molecule has 11 nitrogen and oxygen atoms in total. The van der Waals surface area contributed by atoms with E-state index in [0.29, 0.717) is 0 Å². The van der Waals surface area contributed by atoms with Gasteiger partial charge < -0.3 is 39.6 Å². The first-order chi connectivity index (χ1) is 9.69. The van der Waals surface area contributed by atoms with Crippen molar-refractivity contribution in [2.24, 2.45) is 0 Å². The summed E-state index contributed by atoms with van der Waals surface area (Å²) in [5.74, 6) is -0.0391. The average Bonchev–Trinajstić information content (AvgIpc) is 2.64. The van der Waals surface area contributed by atoms with Gasteiger partial charge in [0.2, 0.25) is 0 Å². The molecule has 14 heteroatoms. The molecule has 1 fully saturated rings. The maximum Gasteiger partial charge on any atom is 1.00 e. The molecule has 2 rings (SSSR count). The molecule has 0 unspecified atom stereocenters. The average molecular weight is 367 g/mol. The summed E-state index contributed by atoms with van der Waals surface area (Å²) in [7, 11) is -5.24. The Labute approximate surface area is 174 Å². The number of rotatable bonds is 4. The van der Waals surface area contributed by atoms with Crippen LogP contribution in [-0.4, -0.2) is 44.7 Å². The van der Waals surface area contributed by atoms with Gasteiger partial charge in [-0.2, -0.15) is 4.98 Å². The molecule has 23 heavy (non-hydrogen) atoms. The predicted octanol–water partition coefficient (Wildman–Crippen LogP) is -9.70. The molecule has 0 amide bonds. The van der Waals surface area contributed by atoms with Crippen LogP contribution in [0.5, 0.6) is 0 Å². The van der Waals surface area contributed by atoms with E-state index in [-0.39, 0.29) is 64.9 Å². The Bertz CT molecular complexity index is 625. The van der Waals surface area contributed by atoms with Gasteiger partial charge >= 0.3 is 64.8 Å². The zero-order valence-corrected chi connectivity index (χ0v) is 17.3. The summed E-state index contributed by atoms with van der Waals surface area (Å²) in [5.41, 5.74) is 4.49. The number of phosphoric acid groups is 1. The van der Waals surface area contributed by atoms with Crippen LogP contribution in [0.3, 0.4) is 0 Å². The van der Waals surface area contributed by atoms with Crippen molar-refractivity contribution < 1.29 is 92.9 Å². The summed E-state index contributed by atoms with van der Waals surface area (Å²) >= 11 is 0. The van der Waals surface area contributed by atoms with Gasteiger partial charge in [0.1, 0.15) is 24.1 Å². The number of hydrogen-bond acceptors (Lipinski definition) is 10. The van der Waals surface area contributed by atoms with Crippen molar-refractivity contribution in [3.63, 3.8) is 0 Å². The Morgan fingerprint density at radius 1 is 1.39 bits per heavy atom. The van der Waals surface area contributed by atoms with Gasteiger partial charge in [0, 0.05) is 6.20 Å². The van der Waals surface area contributed by atoms with Gasteiger partial charge in [-0.3, -0.25) is 4.57 Å². The van der Waals surface area contributed by atoms with Gasteiger partial charge in [-0.1, -0.05) is 0 Å². The quantitative estimate of drug-likeness (QED) is 0.341. The summed E-state index contributed by atoms with van der Waals surface area (Å²) < 4.78 is 20.4. The Morgan fingerprint density at radius 3 is 2.52 bits per heavy atom. The molecule has 0 bridgehead atoms. The number of nitrogens with two attached hydrogens (primary N) is 1.